The van der Waals surface area contributed by atoms with E-state index in [1.54, 1.807) is 12.1 Å². The smallest absolute Gasteiger partial charge is 0.273 e. The Morgan fingerprint density at radius 2 is 2.17 bits per heavy atom. The van der Waals surface area contributed by atoms with Crippen molar-refractivity contribution in [2.45, 2.75) is 6.54 Å². The minimum atomic E-state index is -0.502. The highest BCUT2D eigenvalue weighted by atomic mass is 19.1. The van der Waals surface area contributed by atoms with Crippen molar-refractivity contribution in [2.24, 2.45) is 0 Å². The van der Waals surface area contributed by atoms with Gasteiger partial charge in [0.15, 0.2) is 5.69 Å². The Labute approximate surface area is 103 Å². The number of amides is 1. The Morgan fingerprint density at radius 3 is 2.89 bits per heavy atom. The number of benzene rings is 1. The molecular weight excluding hydrogens is 235 g/mol. The fraction of sp³-hybridized carbons (Fsp3) is 0.0769. The second kappa shape index (κ2) is 5.27. The number of pyridine rings is 1. The zero-order valence-electron chi connectivity index (χ0n) is 9.43. The summed E-state index contributed by atoms with van der Waals surface area (Å²) < 4.78 is 12.9. The molecule has 0 fully saturated rings. The zero-order valence-corrected chi connectivity index (χ0v) is 9.43. The number of carbonyl (C=O) groups excluding carboxylic acids is 1. The number of hydrogen-bond donors (Lipinski definition) is 2. The van der Waals surface area contributed by atoms with Gasteiger partial charge in [0.05, 0.1) is 0 Å². The lowest BCUT2D eigenvalue weighted by Crippen LogP contribution is -2.23. The van der Waals surface area contributed by atoms with Crippen molar-refractivity contribution in [3.63, 3.8) is 0 Å². The highest BCUT2D eigenvalue weighted by molar-refractivity contribution is 5.94. The topological polar surface area (TPSA) is 62.2 Å². The monoisotopic (exact) mass is 246 g/mol. The van der Waals surface area contributed by atoms with E-state index in [1.807, 2.05) is 0 Å². The van der Waals surface area contributed by atoms with Gasteiger partial charge in [-0.15, -0.1) is 0 Å². The summed E-state index contributed by atoms with van der Waals surface area (Å²) in [6, 6.07) is 8.83. The van der Waals surface area contributed by atoms with Crippen LogP contribution in [0.2, 0.25) is 0 Å². The summed E-state index contributed by atoms with van der Waals surface area (Å²) >= 11 is 0. The Kier molecular flexibility index (Phi) is 3.52. The summed E-state index contributed by atoms with van der Waals surface area (Å²) in [6.07, 6.45) is 1.41. The third-order valence-corrected chi connectivity index (χ3v) is 2.34. The number of aromatic nitrogens is 1. The summed E-state index contributed by atoms with van der Waals surface area (Å²) in [4.78, 5) is 15.5. The first-order valence-corrected chi connectivity index (χ1v) is 5.33. The van der Waals surface area contributed by atoms with Crippen LogP contribution >= 0.6 is 0 Å². The molecule has 1 amide bonds. The van der Waals surface area contributed by atoms with E-state index in [0.29, 0.717) is 5.56 Å². The van der Waals surface area contributed by atoms with E-state index in [1.165, 1.54) is 30.5 Å². The van der Waals surface area contributed by atoms with Gasteiger partial charge in [0.2, 0.25) is 0 Å². The van der Waals surface area contributed by atoms with Crippen molar-refractivity contribution in [1.82, 2.24) is 10.3 Å². The maximum absolute atomic E-state index is 12.9. The predicted molar refractivity (Wildman–Crippen MR) is 63.5 cm³/mol. The second-order valence-electron chi connectivity index (χ2n) is 3.68. The van der Waals surface area contributed by atoms with Gasteiger partial charge in [-0.2, -0.15) is 0 Å². The van der Waals surface area contributed by atoms with E-state index in [9.17, 15) is 14.3 Å². The Bertz CT molecular complexity index is 572. The molecule has 0 bridgehead atoms. The van der Waals surface area contributed by atoms with Crippen LogP contribution in [0.3, 0.4) is 0 Å². The number of hydrogen-bond acceptors (Lipinski definition) is 3. The van der Waals surface area contributed by atoms with Gasteiger partial charge < -0.3 is 10.4 Å². The molecule has 2 N–H and O–H groups in total. The molecule has 5 heteroatoms. The van der Waals surface area contributed by atoms with Crippen LogP contribution in [0.15, 0.2) is 42.6 Å². The molecule has 2 aromatic rings. The van der Waals surface area contributed by atoms with Crippen LogP contribution in [-0.4, -0.2) is 16.0 Å². The van der Waals surface area contributed by atoms with E-state index >= 15 is 0 Å². The van der Waals surface area contributed by atoms with Gasteiger partial charge in [-0.05, 0) is 29.8 Å². The molecule has 1 aromatic carbocycles. The SMILES string of the molecule is O=C(NCc1cccc(F)c1)c1ncccc1O. The normalized spacial score (nSPS) is 10.1. The van der Waals surface area contributed by atoms with Crippen LogP contribution in [0.4, 0.5) is 4.39 Å². The molecule has 18 heavy (non-hydrogen) atoms. The van der Waals surface area contributed by atoms with E-state index in [0.717, 1.165) is 0 Å². The van der Waals surface area contributed by atoms with Crippen LogP contribution < -0.4 is 5.32 Å². The average Bonchev–Trinajstić information content (AvgIpc) is 2.37. The minimum absolute atomic E-state index is 0.0473. The molecule has 4 nitrogen and oxygen atoms in total. The van der Waals surface area contributed by atoms with Gasteiger partial charge >= 0.3 is 0 Å². The van der Waals surface area contributed by atoms with Gasteiger partial charge in [-0.3, -0.25) is 4.79 Å². The lowest BCUT2D eigenvalue weighted by atomic mass is 10.2. The Morgan fingerprint density at radius 1 is 1.33 bits per heavy atom. The van der Waals surface area contributed by atoms with Crippen LogP contribution in [0, 0.1) is 5.82 Å². The first-order chi connectivity index (χ1) is 8.66. The molecule has 0 saturated heterocycles. The van der Waals surface area contributed by atoms with E-state index in [2.05, 4.69) is 10.3 Å². The second-order valence-corrected chi connectivity index (χ2v) is 3.68. The molecule has 2 rings (SSSR count). The van der Waals surface area contributed by atoms with Gasteiger partial charge in [0, 0.05) is 12.7 Å². The highest BCUT2D eigenvalue weighted by Crippen LogP contribution is 2.12. The number of aromatic hydroxyl groups is 1. The molecule has 0 unspecified atom stereocenters. The first-order valence-electron chi connectivity index (χ1n) is 5.33. The number of carbonyl (C=O) groups is 1. The van der Waals surface area contributed by atoms with Crippen LogP contribution in [0.25, 0.3) is 0 Å². The van der Waals surface area contributed by atoms with E-state index in [4.69, 9.17) is 0 Å². The molecule has 92 valence electrons. The first kappa shape index (κ1) is 12.0. The van der Waals surface area contributed by atoms with Crippen molar-refractivity contribution >= 4 is 5.91 Å². The maximum Gasteiger partial charge on any atom is 0.273 e. The average molecular weight is 246 g/mol. The molecule has 0 aliphatic heterocycles. The molecule has 0 radical (unpaired) electrons. The summed E-state index contributed by atoms with van der Waals surface area (Å²) in [5.74, 6) is -1.05. The van der Waals surface area contributed by atoms with Crippen LogP contribution in [0.5, 0.6) is 5.75 Å². The van der Waals surface area contributed by atoms with Crippen molar-refractivity contribution in [3.05, 3.63) is 59.7 Å². The summed E-state index contributed by atoms with van der Waals surface area (Å²) in [6.45, 7) is 0.173. The molecule has 0 aliphatic rings. The maximum atomic E-state index is 12.9. The quantitative estimate of drug-likeness (QED) is 0.868. The minimum Gasteiger partial charge on any atom is -0.505 e. The third kappa shape index (κ3) is 2.82. The summed E-state index contributed by atoms with van der Waals surface area (Å²) in [7, 11) is 0. The molecule has 0 aliphatic carbocycles. The number of rotatable bonds is 3. The van der Waals surface area contributed by atoms with Crippen molar-refractivity contribution in [1.29, 1.82) is 0 Å². The van der Waals surface area contributed by atoms with Crippen molar-refractivity contribution in [3.8, 4) is 5.75 Å². The molecule has 0 spiro atoms. The fourth-order valence-corrected chi connectivity index (χ4v) is 1.48. The van der Waals surface area contributed by atoms with Crippen LogP contribution in [-0.2, 0) is 6.54 Å². The highest BCUT2D eigenvalue weighted by Gasteiger charge is 2.11. The fourth-order valence-electron chi connectivity index (χ4n) is 1.48. The van der Waals surface area contributed by atoms with Gasteiger partial charge in [-0.1, -0.05) is 12.1 Å². The summed E-state index contributed by atoms with van der Waals surface area (Å²) in [5, 5.41) is 12.0. The van der Waals surface area contributed by atoms with Gasteiger partial charge in [-0.25, -0.2) is 9.37 Å². The Hall–Kier alpha value is -2.43. The van der Waals surface area contributed by atoms with Gasteiger partial charge in [0.1, 0.15) is 11.6 Å². The van der Waals surface area contributed by atoms with Crippen LogP contribution in [0.1, 0.15) is 16.1 Å². The number of nitrogens with one attached hydrogen (secondary N) is 1. The molecule has 1 aromatic heterocycles. The molecule has 0 saturated carbocycles. The molecule has 0 atom stereocenters. The van der Waals surface area contributed by atoms with E-state index in [-0.39, 0.29) is 23.8 Å². The molecular formula is C13H11FN2O2. The summed E-state index contributed by atoms with van der Waals surface area (Å²) in [5.41, 5.74) is 0.590. The van der Waals surface area contributed by atoms with Crippen molar-refractivity contribution < 1.29 is 14.3 Å². The third-order valence-electron chi connectivity index (χ3n) is 2.34. The lowest BCUT2D eigenvalue weighted by molar-refractivity contribution is 0.0943. The van der Waals surface area contributed by atoms with E-state index < -0.39 is 5.91 Å². The standard InChI is InChI=1S/C13H11FN2O2/c14-10-4-1-3-9(7-10)8-16-13(18)12-11(17)5-2-6-15-12/h1-7,17H,8H2,(H,16,18). The molecule has 1 heterocycles. The zero-order chi connectivity index (χ0) is 13.0. The van der Waals surface area contributed by atoms with Gasteiger partial charge in [0.25, 0.3) is 5.91 Å². The van der Waals surface area contributed by atoms with Crippen molar-refractivity contribution in [2.75, 3.05) is 0 Å². The number of halogens is 1. The Balaban J connectivity index is 2.03. The number of nitrogens with zero attached hydrogens (tertiary/aromatic N) is 1. The lowest BCUT2D eigenvalue weighted by Gasteiger charge is -2.06. The largest absolute Gasteiger partial charge is 0.505 e. The predicted octanol–water partition coefficient (Wildman–Crippen LogP) is 1.86.